The number of carbonyl (C=O) groups is 2. The van der Waals surface area contributed by atoms with Gasteiger partial charge in [-0.05, 0) is 13.3 Å². The van der Waals surface area contributed by atoms with Gasteiger partial charge in [0.2, 0.25) is 11.8 Å². The molecule has 1 aliphatic rings. The largest absolute Gasteiger partial charge is 0.344 e. The van der Waals surface area contributed by atoms with Crippen LogP contribution in [-0.4, -0.2) is 28.1 Å². The molecule has 0 aromatic carbocycles. The summed E-state index contributed by atoms with van der Waals surface area (Å²) in [4.78, 5) is 22.6. The molecule has 1 saturated heterocycles. The molecule has 1 aliphatic heterocycles. The van der Waals surface area contributed by atoms with Crippen molar-refractivity contribution in [1.29, 1.82) is 0 Å². The summed E-state index contributed by atoms with van der Waals surface area (Å²) in [6.07, 6.45) is 2.60. The highest BCUT2D eigenvalue weighted by molar-refractivity contribution is 5.98. The smallest absolute Gasteiger partial charge is 0.248 e. The maximum atomic E-state index is 11.6. The van der Waals surface area contributed by atoms with Crippen LogP contribution in [0.2, 0.25) is 0 Å². The fourth-order valence-electron chi connectivity index (χ4n) is 1.49. The van der Waals surface area contributed by atoms with Gasteiger partial charge in [0, 0.05) is 12.0 Å². The second-order valence-electron chi connectivity index (χ2n) is 3.58. The Hall–Kier alpha value is -1.85. The number of aryl methyl sites for hydroxylation is 1. The maximum Gasteiger partial charge on any atom is 0.248 e. The molecule has 15 heavy (non-hydrogen) atoms. The zero-order valence-corrected chi connectivity index (χ0v) is 8.33. The zero-order chi connectivity index (χ0) is 10.8. The number of aromatic amines is 1. The van der Waals surface area contributed by atoms with Crippen molar-refractivity contribution >= 4 is 17.6 Å². The predicted molar refractivity (Wildman–Crippen MR) is 53.1 cm³/mol. The minimum absolute atomic E-state index is 0.0727. The number of aromatic nitrogens is 2. The SMILES string of the molecule is Cc1cn[nH]c1NC(=O)C1CCC(=O)N1. The Labute approximate surface area is 86.4 Å². The van der Waals surface area contributed by atoms with Gasteiger partial charge in [-0.15, -0.1) is 0 Å². The molecule has 6 nitrogen and oxygen atoms in total. The van der Waals surface area contributed by atoms with E-state index in [-0.39, 0.29) is 11.8 Å². The maximum absolute atomic E-state index is 11.6. The number of hydrogen-bond donors (Lipinski definition) is 3. The minimum Gasteiger partial charge on any atom is -0.344 e. The summed E-state index contributed by atoms with van der Waals surface area (Å²) in [5.74, 6) is 0.311. The molecular weight excluding hydrogens is 196 g/mol. The van der Waals surface area contributed by atoms with Crippen molar-refractivity contribution in [1.82, 2.24) is 15.5 Å². The van der Waals surface area contributed by atoms with Gasteiger partial charge >= 0.3 is 0 Å². The molecule has 1 unspecified atom stereocenters. The fourth-order valence-corrected chi connectivity index (χ4v) is 1.49. The van der Waals surface area contributed by atoms with Crippen molar-refractivity contribution in [3.05, 3.63) is 11.8 Å². The van der Waals surface area contributed by atoms with Gasteiger partial charge in [0.15, 0.2) is 0 Å². The molecule has 2 rings (SSSR count). The predicted octanol–water partition coefficient (Wildman–Crippen LogP) is -0.0648. The number of carbonyl (C=O) groups excluding carboxylic acids is 2. The van der Waals surface area contributed by atoms with Crippen LogP contribution in [0.25, 0.3) is 0 Å². The summed E-state index contributed by atoms with van der Waals surface area (Å²) in [5.41, 5.74) is 0.868. The Bertz CT molecular complexity index is 399. The van der Waals surface area contributed by atoms with Crippen molar-refractivity contribution in [2.24, 2.45) is 0 Å². The Balaban J connectivity index is 1.98. The summed E-state index contributed by atoms with van der Waals surface area (Å²) in [6, 6.07) is -0.416. The molecule has 0 bridgehead atoms. The molecule has 1 atom stereocenters. The molecule has 2 heterocycles. The lowest BCUT2D eigenvalue weighted by Crippen LogP contribution is -2.37. The van der Waals surface area contributed by atoms with Crippen molar-refractivity contribution in [2.45, 2.75) is 25.8 Å². The second kappa shape index (κ2) is 3.72. The monoisotopic (exact) mass is 208 g/mol. The molecule has 6 heteroatoms. The van der Waals surface area contributed by atoms with E-state index in [1.165, 1.54) is 0 Å². The number of nitrogens with zero attached hydrogens (tertiary/aromatic N) is 1. The number of rotatable bonds is 2. The average Bonchev–Trinajstić information content (AvgIpc) is 2.77. The molecule has 1 fully saturated rings. The summed E-state index contributed by atoms with van der Waals surface area (Å²) < 4.78 is 0. The highest BCUT2D eigenvalue weighted by Gasteiger charge is 2.27. The summed E-state index contributed by atoms with van der Waals surface area (Å²) >= 11 is 0. The number of H-pyrrole nitrogens is 1. The summed E-state index contributed by atoms with van der Waals surface area (Å²) in [7, 11) is 0. The van der Waals surface area contributed by atoms with Crippen molar-refractivity contribution < 1.29 is 9.59 Å². The van der Waals surface area contributed by atoms with E-state index >= 15 is 0 Å². The first kappa shape index (κ1) is 9.70. The molecule has 1 aromatic heterocycles. The van der Waals surface area contributed by atoms with Crippen LogP contribution in [0.5, 0.6) is 0 Å². The first-order valence-corrected chi connectivity index (χ1v) is 4.77. The third kappa shape index (κ3) is 1.98. The summed E-state index contributed by atoms with van der Waals surface area (Å²) in [5, 5.41) is 11.7. The van der Waals surface area contributed by atoms with Gasteiger partial charge in [-0.25, -0.2) is 0 Å². The quantitative estimate of drug-likeness (QED) is 0.636. The Morgan fingerprint density at radius 3 is 3.00 bits per heavy atom. The molecule has 0 aliphatic carbocycles. The second-order valence-corrected chi connectivity index (χ2v) is 3.58. The van der Waals surface area contributed by atoms with Gasteiger partial charge in [-0.1, -0.05) is 0 Å². The van der Waals surface area contributed by atoms with Crippen LogP contribution in [0, 0.1) is 6.92 Å². The van der Waals surface area contributed by atoms with E-state index in [0.29, 0.717) is 18.7 Å². The van der Waals surface area contributed by atoms with Gasteiger partial charge in [0.05, 0.1) is 6.20 Å². The highest BCUT2D eigenvalue weighted by atomic mass is 16.2. The lowest BCUT2D eigenvalue weighted by Gasteiger charge is -2.09. The van der Waals surface area contributed by atoms with Crippen molar-refractivity contribution in [2.75, 3.05) is 5.32 Å². The molecule has 1 aromatic rings. The molecule has 0 saturated carbocycles. The Kier molecular flexibility index (Phi) is 2.40. The number of amides is 2. The van der Waals surface area contributed by atoms with Gasteiger partial charge in [0.25, 0.3) is 0 Å². The Morgan fingerprint density at radius 2 is 2.47 bits per heavy atom. The molecule has 2 amide bonds. The normalized spacial score (nSPS) is 20.1. The van der Waals surface area contributed by atoms with Gasteiger partial charge in [-0.2, -0.15) is 5.10 Å². The standard InChI is InChI=1S/C9H12N4O2/c1-5-4-10-13-8(5)12-9(15)6-2-3-7(14)11-6/h4,6H,2-3H2,1H3,(H,11,14)(H2,10,12,13,15). The van der Waals surface area contributed by atoms with Crippen LogP contribution >= 0.6 is 0 Å². The molecule has 0 spiro atoms. The first-order valence-electron chi connectivity index (χ1n) is 4.77. The summed E-state index contributed by atoms with van der Waals surface area (Å²) in [6.45, 7) is 1.84. The van der Waals surface area contributed by atoms with Gasteiger partial charge in [0.1, 0.15) is 11.9 Å². The van der Waals surface area contributed by atoms with E-state index in [4.69, 9.17) is 0 Å². The average molecular weight is 208 g/mol. The van der Waals surface area contributed by atoms with Crippen molar-refractivity contribution in [3.8, 4) is 0 Å². The zero-order valence-electron chi connectivity index (χ0n) is 8.33. The van der Waals surface area contributed by atoms with Crippen LogP contribution in [-0.2, 0) is 9.59 Å². The molecule has 3 N–H and O–H groups in total. The van der Waals surface area contributed by atoms with Crippen LogP contribution in [0.3, 0.4) is 0 Å². The van der Waals surface area contributed by atoms with E-state index in [1.54, 1.807) is 6.20 Å². The molecule has 0 radical (unpaired) electrons. The highest BCUT2D eigenvalue weighted by Crippen LogP contribution is 2.12. The third-order valence-electron chi connectivity index (χ3n) is 2.39. The van der Waals surface area contributed by atoms with Crippen LogP contribution in [0.15, 0.2) is 6.20 Å². The van der Waals surface area contributed by atoms with E-state index < -0.39 is 6.04 Å². The number of hydrogen-bond acceptors (Lipinski definition) is 3. The molecular formula is C9H12N4O2. The third-order valence-corrected chi connectivity index (χ3v) is 2.39. The van der Waals surface area contributed by atoms with Gasteiger partial charge < -0.3 is 10.6 Å². The number of anilines is 1. The van der Waals surface area contributed by atoms with Crippen LogP contribution in [0.1, 0.15) is 18.4 Å². The molecule has 80 valence electrons. The fraction of sp³-hybridized carbons (Fsp3) is 0.444. The van der Waals surface area contributed by atoms with E-state index in [1.807, 2.05) is 6.92 Å². The van der Waals surface area contributed by atoms with Crippen molar-refractivity contribution in [3.63, 3.8) is 0 Å². The van der Waals surface area contributed by atoms with Gasteiger partial charge in [-0.3, -0.25) is 14.7 Å². The number of nitrogens with one attached hydrogen (secondary N) is 3. The lowest BCUT2D eigenvalue weighted by molar-refractivity contribution is -0.122. The Morgan fingerprint density at radius 1 is 1.67 bits per heavy atom. The topological polar surface area (TPSA) is 86.9 Å². The lowest BCUT2D eigenvalue weighted by atomic mass is 10.2. The van der Waals surface area contributed by atoms with Crippen LogP contribution < -0.4 is 10.6 Å². The van der Waals surface area contributed by atoms with Crippen LogP contribution in [0.4, 0.5) is 5.82 Å². The van der Waals surface area contributed by atoms with E-state index in [2.05, 4.69) is 20.8 Å². The van der Waals surface area contributed by atoms with E-state index in [9.17, 15) is 9.59 Å². The first-order chi connectivity index (χ1) is 7.16. The minimum atomic E-state index is -0.416. The van der Waals surface area contributed by atoms with E-state index in [0.717, 1.165) is 5.56 Å².